The highest BCUT2D eigenvalue weighted by Crippen LogP contribution is 2.38. The van der Waals surface area contributed by atoms with Crippen molar-refractivity contribution in [2.75, 3.05) is 0 Å². The third-order valence-corrected chi connectivity index (χ3v) is 7.38. The first-order valence-corrected chi connectivity index (χ1v) is 12.0. The molecule has 31 heavy (non-hydrogen) atoms. The second-order valence-electron chi connectivity index (χ2n) is 9.47. The van der Waals surface area contributed by atoms with E-state index in [9.17, 15) is 8.78 Å². The molecule has 0 atom stereocenters. The summed E-state index contributed by atoms with van der Waals surface area (Å²) in [5, 5.41) is 0. The van der Waals surface area contributed by atoms with Crippen molar-refractivity contribution in [1.82, 2.24) is 0 Å². The Hall–Kier alpha value is -2.03. The Balaban J connectivity index is 1.40. The largest absolute Gasteiger partial charge is 0.206 e. The number of benzene rings is 2. The molecule has 0 heterocycles. The molecule has 0 bridgehead atoms. The first kappa shape index (κ1) is 22.2. The summed E-state index contributed by atoms with van der Waals surface area (Å²) in [6.07, 6.45) is 15.5. The van der Waals surface area contributed by atoms with Gasteiger partial charge in [-0.05, 0) is 54.7 Å². The molecule has 2 aromatic rings. The summed E-state index contributed by atoms with van der Waals surface area (Å²) in [5.74, 6) is -0.580. The van der Waals surface area contributed by atoms with Gasteiger partial charge in [-0.2, -0.15) is 0 Å². The van der Waals surface area contributed by atoms with E-state index in [0.29, 0.717) is 12.0 Å². The lowest BCUT2D eigenvalue weighted by atomic mass is 9.77. The number of allylic oxidation sites excluding steroid dienone is 1. The van der Waals surface area contributed by atoms with Crippen LogP contribution in [0.4, 0.5) is 13.2 Å². The number of hydrogen-bond donors (Lipinski definition) is 0. The lowest BCUT2D eigenvalue weighted by Gasteiger charge is -2.29. The van der Waals surface area contributed by atoms with Crippen molar-refractivity contribution in [3.8, 4) is 11.1 Å². The van der Waals surface area contributed by atoms with Crippen LogP contribution in [-0.2, 0) is 6.42 Å². The third-order valence-electron chi connectivity index (χ3n) is 7.38. The van der Waals surface area contributed by atoms with Crippen LogP contribution < -0.4 is 0 Å². The van der Waals surface area contributed by atoms with E-state index in [0.717, 1.165) is 36.3 Å². The first-order valence-electron chi connectivity index (χ1n) is 12.0. The molecule has 1 fully saturated rings. The van der Waals surface area contributed by atoms with Gasteiger partial charge >= 0.3 is 0 Å². The molecule has 3 heteroatoms. The zero-order chi connectivity index (χ0) is 21.8. The van der Waals surface area contributed by atoms with Crippen LogP contribution in [0.1, 0.15) is 82.3 Å². The van der Waals surface area contributed by atoms with Gasteiger partial charge in [0.25, 0.3) is 0 Å². The fourth-order valence-electron chi connectivity index (χ4n) is 5.41. The Morgan fingerprint density at radius 2 is 1.52 bits per heavy atom. The molecule has 0 nitrogen and oxygen atoms in total. The molecular formula is C28H33F3. The second-order valence-corrected chi connectivity index (χ2v) is 9.47. The van der Waals surface area contributed by atoms with Crippen LogP contribution in [0.25, 0.3) is 17.2 Å². The molecule has 0 unspecified atom stereocenters. The molecule has 0 aliphatic heterocycles. The first-order chi connectivity index (χ1) is 15.1. The van der Waals surface area contributed by atoms with Gasteiger partial charge in [0.05, 0.1) is 0 Å². The minimum Gasteiger partial charge on any atom is -0.206 e. The van der Waals surface area contributed by atoms with E-state index >= 15 is 4.39 Å². The highest BCUT2D eigenvalue weighted by atomic mass is 19.2. The Kier molecular flexibility index (Phi) is 7.20. The number of rotatable bonds is 7. The minimum atomic E-state index is -0.988. The van der Waals surface area contributed by atoms with Crippen LogP contribution in [0.2, 0.25) is 0 Å². The summed E-state index contributed by atoms with van der Waals surface area (Å²) in [7, 11) is 0. The fraction of sp³-hybridized carbons (Fsp3) is 0.500. The number of halogens is 3. The second kappa shape index (κ2) is 10.1. The highest BCUT2D eigenvalue weighted by Gasteiger charge is 2.23. The Labute approximate surface area is 184 Å². The maximum absolute atomic E-state index is 15.2. The number of fused-ring (bicyclic) bond motifs is 1. The van der Waals surface area contributed by atoms with Crippen LogP contribution in [0, 0.1) is 29.3 Å². The van der Waals surface area contributed by atoms with Crippen molar-refractivity contribution in [1.29, 1.82) is 0 Å². The van der Waals surface area contributed by atoms with Gasteiger partial charge in [-0.15, -0.1) is 0 Å². The maximum atomic E-state index is 15.2. The van der Waals surface area contributed by atoms with Gasteiger partial charge in [-0.3, -0.25) is 0 Å². The lowest BCUT2D eigenvalue weighted by molar-refractivity contribution is 0.249. The quantitative estimate of drug-likeness (QED) is 0.415. The zero-order valence-corrected chi connectivity index (χ0v) is 18.5. The molecule has 0 radical (unpaired) electrons. The van der Waals surface area contributed by atoms with Gasteiger partial charge in [0.15, 0.2) is 11.6 Å². The van der Waals surface area contributed by atoms with Crippen LogP contribution in [0.5, 0.6) is 0 Å². The van der Waals surface area contributed by atoms with Gasteiger partial charge in [0, 0.05) is 11.1 Å². The summed E-state index contributed by atoms with van der Waals surface area (Å²) >= 11 is 0. The molecular weight excluding hydrogens is 393 g/mol. The zero-order valence-electron chi connectivity index (χ0n) is 18.5. The van der Waals surface area contributed by atoms with Crippen molar-refractivity contribution in [3.63, 3.8) is 0 Å². The summed E-state index contributed by atoms with van der Waals surface area (Å²) in [6, 6.07) is 7.35. The monoisotopic (exact) mass is 426 g/mol. The summed E-state index contributed by atoms with van der Waals surface area (Å²) in [6.45, 7) is 2.27. The van der Waals surface area contributed by atoms with E-state index in [-0.39, 0.29) is 11.1 Å². The average Bonchev–Trinajstić information content (AvgIpc) is 2.79. The molecule has 0 amide bonds. The highest BCUT2D eigenvalue weighted by molar-refractivity contribution is 5.71. The van der Waals surface area contributed by atoms with Gasteiger partial charge < -0.3 is 0 Å². The maximum Gasteiger partial charge on any atom is 0.166 e. The molecule has 2 aliphatic carbocycles. The summed E-state index contributed by atoms with van der Waals surface area (Å²) < 4.78 is 42.9. The number of unbranched alkanes of at least 4 members (excludes halogenated alkanes) is 1. The number of hydrogen-bond acceptors (Lipinski definition) is 0. The van der Waals surface area contributed by atoms with Crippen molar-refractivity contribution >= 4 is 6.08 Å². The van der Waals surface area contributed by atoms with E-state index in [1.807, 2.05) is 6.07 Å². The Morgan fingerprint density at radius 1 is 0.806 bits per heavy atom. The predicted octanol–water partition coefficient (Wildman–Crippen LogP) is 8.88. The van der Waals surface area contributed by atoms with Gasteiger partial charge in [-0.25, -0.2) is 13.2 Å². The van der Waals surface area contributed by atoms with Crippen molar-refractivity contribution < 1.29 is 13.2 Å². The van der Waals surface area contributed by atoms with Crippen molar-refractivity contribution in [3.05, 3.63) is 64.5 Å². The van der Waals surface area contributed by atoms with Gasteiger partial charge in [0.2, 0.25) is 0 Å². The van der Waals surface area contributed by atoms with Crippen molar-refractivity contribution in [2.45, 2.75) is 77.6 Å². The topological polar surface area (TPSA) is 0 Å². The van der Waals surface area contributed by atoms with E-state index in [1.54, 1.807) is 6.07 Å². The molecule has 0 spiro atoms. The molecule has 1 saturated carbocycles. The fourth-order valence-corrected chi connectivity index (χ4v) is 5.41. The molecule has 0 saturated heterocycles. The van der Waals surface area contributed by atoms with Crippen LogP contribution >= 0.6 is 0 Å². The molecule has 0 aromatic heterocycles. The van der Waals surface area contributed by atoms with Crippen LogP contribution in [0.3, 0.4) is 0 Å². The Bertz CT molecular complexity index is 936. The third kappa shape index (κ3) is 5.07. The van der Waals surface area contributed by atoms with Crippen LogP contribution in [-0.4, -0.2) is 0 Å². The van der Waals surface area contributed by atoms with Gasteiger partial charge in [-0.1, -0.05) is 87.8 Å². The van der Waals surface area contributed by atoms with Crippen LogP contribution in [0.15, 0.2) is 35.9 Å². The smallest absolute Gasteiger partial charge is 0.166 e. The van der Waals surface area contributed by atoms with E-state index < -0.39 is 17.5 Å². The average molecular weight is 427 g/mol. The molecule has 166 valence electrons. The molecule has 2 aliphatic rings. The molecule has 2 aromatic carbocycles. The van der Waals surface area contributed by atoms with E-state index in [1.165, 1.54) is 69.1 Å². The standard InChI is InChI=1S/C28H33F3/c1-2-3-5-19-8-10-20(11-9-19)12-13-21-14-16-23-22(18-21)15-17-25(27(23)30)24-6-4-7-26(29)28(24)31/h4,6-7,15,17-20H,2-3,5,8-14,16H2,1H3. The normalized spacial score (nSPS) is 21.0. The SMILES string of the molecule is CCCCC1CCC(CCC2=Cc3ccc(-c4cccc(F)c4F)c(F)c3CC2)CC1. The Morgan fingerprint density at radius 3 is 2.26 bits per heavy atom. The predicted molar refractivity (Wildman–Crippen MR) is 122 cm³/mol. The summed E-state index contributed by atoms with van der Waals surface area (Å²) in [5.41, 5.74) is 3.05. The van der Waals surface area contributed by atoms with Crippen molar-refractivity contribution in [2.24, 2.45) is 11.8 Å². The minimum absolute atomic E-state index is 0.00961. The van der Waals surface area contributed by atoms with Gasteiger partial charge in [0.1, 0.15) is 5.82 Å². The van der Waals surface area contributed by atoms with E-state index in [4.69, 9.17) is 0 Å². The lowest BCUT2D eigenvalue weighted by Crippen LogP contribution is -2.15. The summed E-state index contributed by atoms with van der Waals surface area (Å²) in [4.78, 5) is 0. The van der Waals surface area contributed by atoms with E-state index in [2.05, 4.69) is 13.0 Å². The molecule has 0 N–H and O–H groups in total. The molecule has 4 rings (SSSR count).